The predicted molar refractivity (Wildman–Crippen MR) is 96.9 cm³/mol. The summed E-state index contributed by atoms with van der Waals surface area (Å²) in [5, 5.41) is 16.5. The number of unbranched alkanes of at least 4 members (excludes halogenated alkanes) is 2. The van der Waals surface area contributed by atoms with Crippen LogP contribution in [0.4, 0.5) is 0 Å². The number of phenolic OH excluding ortho intramolecular Hbond substituents is 1. The van der Waals surface area contributed by atoms with E-state index >= 15 is 0 Å². The first-order chi connectivity index (χ1) is 11.3. The lowest BCUT2D eigenvalue weighted by atomic mass is 9.92. The third-order valence-electron chi connectivity index (χ3n) is 4.95. The lowest BCUT2D eigenvalue weighted by Gasteiger charge is -2.36. The van der Waals surface area contributed by atoms with Gasteiger partial charge in [0, 0.05) is 37.8 Å². The fourth-order valence-electron chi connectivity index (χ4n) is 3.73. The second kappa shape index (κ2) is 7.80. The average Bonchev–Trinajstić information content (AvgIpc) is 2.60. The summed E-state index contributed by atoms with van der Waals surface area (Å²) < 4.78 is 0. The monoisotopic (exact) mass is 312 g/mol. The Hall–Kier alpha value is -1.58. The second-order valence-corrected chi connectivity index (χ2v) is 6.52. The van der Waals surface area contributed by atoms with Gasteiger partial charge in [0.1, 0.15) is 5.75 Å². The quantitative estimate of drug-likeness (QED) is 0.789. The van der Waals surface area contributed by atoms with Gasteiger partial charge in [0.05, 0.1) is 0 Å². The highest BCUT2D eigenvalue weighted by molar-refractivity contribution is 5.88. The van der Waals surface area contributed by atoms with Gasteiger partial charge in [-0.2, -0.15) is 0 Å². The predicted octanol–water partition coefficient (Wildman–Crippen LogP) is 4.07. The molecule has 0 spiro atoms. The van der Waals surface area contributed by atoms with Crippen molar-refractivity contribution in [2.24, 2.45) is 0 Å². The summed E-state index contributed by atoms with van der Waals surface area (Å²) in [6.45, 7) is 6.43. The van der Waals surface area contributed by atoms with Crippen LogP contribution in [0.3, 0.4) is 0 Å². The summed E-state index contributed by atoms with van der Waals surface area (Å²) in [6, 6.07) is 12.6. The molecule has 2 aromatic rings. The minimum atomic E-state index is 0.315. The normalized spacial score (nSPS) is 17.4. The molecule has 2 N–H and O–H groups in total. The number of fused-ring (bicyclic) bond motifs is 1. The van der Waals surface area contributed by atoms with Gasteiger partial charge in [-0.15, -0.1) is 0 Å². The van der Waals surface area contributed by atoms with Crippen molar-refractivity contribution in [3.05, 3.63) is 42.0 Å². The third kappa shape index (κ3) is 3.67. The van der Waals surface area contributed by atoms with Crippen molar-refractivity contribution in [1.82, 2.24) is 10.2 Å². The van der Waals surface area contributed by atoms with Gasteiger partial charge in [-0.25, -0.2) is 0 Å². The molecule has 1 atom stereocenters. The average molecular weight is 312 g/mol. The van der Waals surface area contributed by atoms with Crippen LogP contribution in [0, 0.1) is 0 Å². The summed E-state index contributed by atoms with van der Waals surface area (Å²) in [6.07, 6.45) is 4.83. The molecule has 0 bridgehead atoms. The zero-order chi connectivity index (χ0) is 16.1. The molecule has 0 aliphatic carbocycles. The van der Waals surface area contributed by atoms with Crippen LogP contribution in [-0.2, 0) is 0 Å². The highest BCUT2D eigenvalue weighted by Crippen LogP contribution is 2.38. The van der Waals surface area contributed by atoms with Crippen molar-refractivity contribution in [3.63, 3.8) is 0 Å². The van der Waals surface area contributed by atoms with E-state index in [0.29, 0.717) is 11.8 Å². The van der Waals surface area contributed by atoms with Crippen LogP contribution in [0.5, 0.6) is 5.75 Å². The van der Waals surface area contributed by atoms with Crippen molar-refractivity contribution < 1.29 is 5.11 Å². The zero-order valence-electron chi connectivity index (χ0n) is 14.1. The third-order valence-corrected chi connectivity index (χ3v) is 4.95. The molecule has 124 valence electrons. The lowest BCUT2D eigenvalue weighted by molar-refractivity contribution is 0.161. The Morgan fingerprint density at radius 1 is 1.09 bits per heavy atom. The lowest BCUT2D eigenvalue weighted by Crippen LogP contribution is -2.45. The molecule has 0 saturated carbocycles. The maximum atomic E-state index is 10.6. The fourth-order valence-corrected chi connectivity index (χ4v) is 3.73. The van der Waals surface area contributed by atoms with Crippen LogP contribution in [0.15, 0.2) is 36.4 Å². The fraction of sp³-hybridized carbons (Fsp3) is 0.500. The number of nitrogens with one attached hydrogen (secondary N) is 1. The molecule has 3 heteroatoms. The molecule has 1 saturated heterocycles. The molecule has 1 fully saturated rings. The number of phenols is 1. The standard InChI is InChI=1S/C20H28N2O/c1-2-3-4-9-18(22-14-12-21-13-15-22)20-17-8-6-5-7-16(17)10-11-19(20)23/h5-8,10-11,18,21,23H,2-4,9,12-15H2,1H3/t18-/m0/s1. The van der Waals surface area contributed by atoms with E-state index in [2.05, 4.69) is 41.4 Å². The van der Waals surface area contributed by atoms with Crippen LogP contribution in [0.25, 0.3) is 10.8 Å². The highest BCUT2D eigenvalue weighted by atomic mass is 16.3. The Labute approximate surface area is 139 Å². The van der Waals surface area contributed by atoms with E-state index in [0.717, 1.165) is 38.2 Å². The first kappa shape index (κ1) is 16.3. The molecule has 0 aromatic heterocycles. The molecule has 0 radical (unpaired) electrons. The summed E-state index contributed by atoms with van der Waals surface area (Å²) in [5.74, 6) is 0.448. The zero-order valence-corrected chi connectivity index (χ0v) is 14.1. The molecule has 1 aliphatic heterocycles. The number of aromatic hydroxyl groups is 1. The topological polar surface area (TPSA) is 35.5 Å². The van der Waals surface area contributed by atoms with E-state index in [9.17, 15) is 5.11 Å². The van der Waals surface area contributed by atoms with Crippen molar-refractivity contribution in [2.75, 3.05) is 26.2 Å². The number of nitrogens with zero attached hydrogens (tertiary/aromatic N) is 1. The van der Waals surface area contributed by atoms with E-state index in [1.54, 1.807) is 0 Å². The van der Waals surface area contributed by atoms with Gasteiger partial charge in [0.25, 0.3) is 0 Å². The van der Waals surface area contributed by atoms with Gasteiger partial charge in [0.2, 0.25) is 0 Å². The summed E-state index contributed by atoms with van der Waals surface area (Å²) in [4.78, 5) is 2.55. The minimum Gasteiger partial charge on any atom is -0.508 e. The van der Waals surface area contributed by atoms with Crippen molar-refractivity contribution in [2.45, 2.75) is 38.6 Å². The molecule has 1 heterocycles. The summed E-state index contributed by atoms with van der Waals surface area (Å²) >= 11 is 0. The van der Waals surface area contributed by atoms with Gasteiger partial charge in [0.15, 0.2) is 0 Å². The van der Waals surface area contributed by atoms with Gasteiger partial charge in [-0.1, -0.05) is 56.5 Å². The number of hydrogen-bond acceptors (Lipinski definition) is 3. The number of hydrogen-bond donors (Lipinski definition) is 2. The van der Waals surface area contributed by atoms with E-state index in [1.807, 2.05) is 12.1 Å². The van der Waals surface area contributed by atoms with Gasteiger partial charge >= 0.3 is 0 Å². The molecule has 23 heavy (non-hydrogen) atoms. The van der Waals surface area contributed by atoms with Crippen molar-refractivity contribution in [1.29, 1.82) is 0 Å². The Morgan fingerprint density at radius 3 is 2.65 bits per heavy atom. The van der Waals surface area contributed by atoms with E-state index < -0.39 is 0 Å². The smallest absolute Gasteiger partial charge is 0.121 e. The van der Waals surface area contributed by atoms with Crippen molar-refractivity contribution >= 4 is 10.8 Å². The van der Waals surface area contributed by atoms with Gasteiger partial charge < -0.3 is 10.4 Å². The van der Waals surface area contributed by atoms with Gasteiger partial charge in [-0.3, -0.25) is 4.90 Å². The van der Waals surface area contributed by atoms with E-state index in [-0.39, 0.29) is 0 Å². The molecule has 1 aliphatic rings. The molecule has 3 rings (SSSR count). The van der Waals surface area contributed by atoms with Crippen LogP contribution >= 0.6 is 0 Å². The molecule has 3 nitrogen and oxygen atoms in total. The summed E-state index contributed by atoms with van der Waals surface area (Å²) in [7, 11) is 0. The van der Waals surface area contributed by atoms with Crippen molar-refractivity contribution in [3.8, 4) is 5.75 Å². The Kier molecular flexibility index (Phi) is 5.52. The highest BCUT2D eigenvalue weighted by Gasteiger charge is 2.25. The number of rotatable bonds is 6. The first-order valence-electron chi connectivity index (χ1n) is 8.96. The van der Waals surface area contributed by atoms with E-state index in [4.69, 9.17) is 0 Å². The van der Waals surface area contributed by atoms with Crippen LogP contribution in [0.1, 0.15) is 44.2 Å². The van der Waals surface area contributed by atoms with Crippen LogP contribution < -0.4 is 5.32 Å². The SMILES string of the molecule is CCCCC[C@@H](c1c(O)ccc2ccccc12)N1CCNCC1. The molecular weight excluding hydrogens is 284 g/mol. The summed E-state index contributed by atoms with van der Waals surface area (Å²) in [5.41, 5.74) is 1.13. The molecular formula is C20H28N2O. The second-order valence-electron chi connectivity index (χ2n) is 6.52. The molecule has 0 amide bonds. The Balaban J connectivity index is 1.99. The number of benzene rings is 2. The minimum absolute atomic E-state index is 0.315. The molecule has 0 unspecified atom stereocenters. The van der Waals surface area contributed by atoms with Gasteiger partial charge in [-0.05, 0) is 23.3 Å². The number of piperazine rings is 1. The van der Waals surface area contributed by atoms with Crippen LogP contribution in [-0.4, -0.2) is 36.2 Å². The van der Waals surface area contributed by atoms with E-state index in [1.165, 1.54) is 30.0 Å². The first-order valence-corrected chi connectivity index (χ1v) is 8.96. The largest absolute Gasteiger partial charge is 0.508 e. The Bertz CT molecular complexity index is 635. The Morgan fingerprint density at radius 2 is 1.87 bits per heavy atom. The molecule has 2 aromatic carbocycles. The van der Waals surface area contributed by atoms with Crippen LogP contribution in [0.2, 0.25) is 0 Å². The maximum Gasteiger partial charge on any atom is 0.121 e. The maximum absolute atomic E-state index is 10.6.